The molecule has 0 aromatic carbocycles. The second-order valence-electron chi connectivity index (χ2n) is 4.03. The molecule has 0 heterocycles. The fourth-order valence-electron chi connectivity index (χ4n) is 0.838. The number of thioether (sulfide) groups is 1. The molecule has 0 aliphatic heterocycles. The lowest BCUT2D eigenvalue weighted by Gasteiger charge is -2.23. The lowest BCUT2D eigenvalue weighted by molar-refractivity contribution is 0.310. The highest BCUT2D eigenvalue weighted by molar-refractivity contribution is 7.98. The quantitative estimate of drug-likeness (QED) is 0.686. The van der Waals surface area contributed by atoms with E-state index in [4.69, 9.17) is 5.73 Å². The minimum absolute atomic E-state index is 0.0202. The summed E-state index contributed by atoms with van der Waals surface area (Å²) >= 11 is 1.89. The SMILES string of the molecule is CSCCN(C)CCC(C)(C)N. The minimum Gasteiger partial charge on any atom is -0.326 e. The summed E-state index contributed by atoms with van der Waals surface area (Å²) in [4.78, 5) is 2.34. The lowest BCUT2D eigenvalue weighted by atomic mass is 10.0. The fourth-order valence-corrected chi connectivity index (χ4v) is 1.33. The van der Waals surface area contributed by atoms with E-state index in [1.54, 1.807) is 0 Å². The number of hydrogen-bond acceptors (Lipinski definition) is 3. The van der Waals surface area contributed by atoms with E-state index in [-0.39, 0.29) is 5.54 Å². The molecule has 0 aliphatic rings. The summed E-state index contributed by atoms with van der Waals surface area (Å²) < 4.78 is 0. The zero-order valence-corrected chi connectivity index (χ0v) is 9.58. The van der Waals surface area contributed by atoms with Crippen molar-refractivity contribution < 1.29 is 0 Å². The maximum absolute atomic E-state index is 5.88. The van der Waals surface area contributed by atoms with Crippen LogP contribution in [0.1, 0.15) is 20.3 Å². The first-order valence-electron chi connectivity index (χ1n) is 4.42. The monoisotopic (exact) mass is 190 g/mol. The Hall–Kier alpha value is 0.270. The Kier molecular flexibility index (Phi) is 5.97. The predicted molar refractivity (Wildman–Crippen MR) is 58.8 cm³/mol. The Labute approximate surface area is 80.9 Å². The van der Waals surface area contributed by atoms with Gasteiger partial charge in [0.05, 0.1) is 0 Å². The molecule has 74 valence electrons. The molecule has 0 rings (SSSR count). The smallest absolute Gasteiger partial charge is 0.0109 e. The van der Waals surface area contributed by atoms with E-state index in [1.165, 1.54) is 5.75 Å². The van der Waals surface area contributed by atoms with Crippen molar-refractivity contribution in [2.24, 2.45) is 5.73 Å². The Morgan fingerprint density at radius 1 is 1.33 bits per heavy atom. The third-order valence-electron chi connectivity index (χ3n) is 1.81. The molecule has 0 aromatic rings. The third kappa shape index (κ3) is 8.37. The van der Waals surface area contributed by atoms with Crippen molar-refractivity contribution in [2.45, 2.75) is 25.8 Å². The van der Waals surface area contributed by atoms with Crippen LogP contribution in [-0.4, -0.2) is 42.6 Å². The molecule has 0 spiro atoms. The summed E-state index contributed by atoms with van der Waals surface area (Å²) in [6, 6.07) is 0. The van der Waals surface area contributed by atoms with Crippen molar-refractivity contribution in [3.8, 4) is 0 Å². The Morgan fingerprint density at radius 2 is 1.92 bits per heavy atom. The van der Waals surface area contributed by atoms with E-state index >= 15 is 0 Å². The van der Waals surface area contributed by atoms with Gasteiger partial charge in [0.1, 0.15) is 0 Å². The second kappa shape index (κ2) is 5.84. The molecule has 3 heteroatoms. The van der Waals surface area contributed by atoms with Crippen molar-refractivity contribution in [2.75, 3.05) is 32.1 Å². The van der Waals surface area contributed by atoms with E-state index in [9.17, 15) is 0 Å². The van der Waals surface area contributed by atoms with Crippen LogP contribution in [-0.2, 0) is 0 Å². The molecule has 0 atom stereocenters. The molecule has 0 radical (unpaired) electrons. The number of rotatable bonds is 6. The van der Waals surface area contributed by atoms with Crippen LogP contribution in [0.25, 0.3) is 0 Å². The molecule has 0 bridgehead atoms. The van der Waals surface area contributed by atoms with Crippen LogP contribution in [0.15, 0.2) is 0 Å². The van der Waals surface area contributed by atoms with Crippen molar-refractivity contribution in [3.05, 3.63) is 0 Å². The first-order valence-corrected chi connectivity index (χ1v) is 5.81. The molecule has 0 aliphatic carbocycles. The van der Waals surface area contributed by atoms with Crippen molar-refractivity contribution in [3.63, 3.8) is 0 Å². The molecule has 0 aromatic heterocycles. The molecule has 12 heavy (non-hydrogen) atoms. The van der Waals surface area contributed by atoms with Crippen LogP contribution in [0.4, 0.5) is 0 Å². The van der Waals surface area contributed by atoms with Gasteiger partial charge in [-0.25, -0.2) is 0 Å². The average molecular weight is 190 g/mol. The molecule has 0 saturated heterocycles. The van der Waals surface area contributed by atoms with Crippen molar-refractivity contribution >= 4 is 11.8 Å². The van der Waals surface area contributed by atoms with Crippen molar-refractivity contribution in [1.29, 1.82) is 0 Å². The van der Waals surface area contributed by atoms with Gasteiger partial charge in [-0.2, -0.15) is 11.8 Å². The molecule has 2 nitrogen and oxygen atoms in total. The van der Waals surface area contributed by atoms with Gasteiger partial charge in [-0.3, -0.25) is 0 Å². The highest BCUT2D eigenvalue weighted by Gasteiger charge is 2.10. The van der Waals surface area contributed by atoms with Gasteiger partial charge in [0.2, 0.25) is 0 Å². The summed E-state index contributed by atoms with van der Waals surface area (Å²) in [5.74, 6) is 1.21. The topological polar surface area (TPSA) is 29.3 Å². The van der Waals surface area contributed by atoms with Gasteiger partial charge in [-0.05, 0) is 40.1 Å². The van der Waals surface area contributed by atoms with Crippen LogP contribution in [0.5, 0.6) is 0 Å². The summed E-state index contributed by atoms with van der Waals surface area (Å²) in [6.07, 6.45) is 3.21. The third-order valence-corrected chi connectivity index (χ3v) is 2.41. The first-order chi connectivity index (χ1) is 5.45. The van der Waals surface area contributed by atoms with Gasteiger partial charge < -0.3 is 10.6 Å². The second-order valence-corrected chi connectivity index (χ2v) is 5.02. The molecule has 2 N–H and O–H groups in total. The first kappa shape index (κ1) is 12.3. The van der Waals surface area contributed by atoms with Gasteiger partial charge in [0.25, 0.3) is 0 Å². The molecule has 0 unspecified atom stereocenters. The maximum atomic E-state index is 5.88. The van der Waals surface area contributed by atoms with Gasteiger partial charge in [0, 0.05) is 17.8 Å². The zero-order chi connectivity index (χ0) is 9.61. The molecule has 0 amide bonds. The highest BCUT2D eigenvalue weighted by Crippen LogP contribution is 2.04. The molecule has 0 fully saturated rings. The normalized spacial score (nSPS) is 12.5. The van der Waals surface area contributed by atoms with Crippen LogP contribution < -0.4 is 5.73 Å². The molecular weight excluding hydrogens is 168 g/mol. The van der Waals surface area contributed by atoms with Crippen LogP contribution in [0.3, 0.4) is 0 Å². The summed E-state index contributed by atoms with van der Waals surface area (Å²) in [5, 5.41) is 0. The van der Waals surface area contributed by atoms with E-state index in [1.807, 2.05) is 11.8 Å². The predicted octanol–water partition coefficient (Wildman–Crippen LogP) is 1.41. The Bertz CT molecular complexity index is 110. The Balaban J connectivity index is 3.37. The average Bonchev–Trinajstić information content (AvgIpc) is 1.95. The fraction of sp³-hybridized carbons (Fsp3) is 1.00. The number of nitrogens with zero attached hydrogens (tertiary/aromatic N) is 1. The maximum Gasteiger partial charge on any atom is 0.0109 e. The lowest BCUT2D eigenvalue weighted by Crippen LogP contribution is -2.36. The number of hydrogen-bond donors (Lipinski definition) is 1. The van der Waals surface area contributed by atoms with Gasteiger partial charge >= 0.3 is 0 Å². The van der Waals surface area contributed by atoms with Gasteiger partial charge in [-0.15, -0.1) is 0 Å². The van der Waals surface area contributed by atoms with Crippen molar-refractivity contribution in [1.82, 2.24) is 4.90 Å². The standard InChI is InChI=1S/C9H22N2S/c1-9(2,10)5-6-11(3)7-8-12-4/h5-8,10H2,1-4H3. The van der Waals surface area contributed by atoms with Gasteiger partial charge in [-0.1, -0.05) is 0 Å². The number of nitrogens with two attached hydrogens (primary N) is 1. The van der Waals surface area contributed by atoms with E-state index in [2.05, 4.69) is 32.1 Å². The van der Waals surface area contributed by atoms with Crippen LogP contribution in [0.2, 0.25) is 0 Å². The summed E-state index contributed by atoms with van der Waals surface area (Å²) in [6.45, 7) is 6.42. The Morgan fingerprint density at radius 3 is 2.33 bits per heavy atom. The van der Waals surface area contributed by atoms with E-state index < -0.39 is 0 Å². The summed E-state index contributed by atoms with van der Waals surface area (Å²) in [5.41, 5.74) is 5.86. The largest absolute Gasteiger partial charge is 0.326 e. The molecule has 0 saturated carbocycles. The minimum atomic E-state index is -0.0202. The van der Waals surface area contributed by atoms with Gasteiger partial charge in [0.15, 0.2) is 0 Å². The van der Waals surface area contributed by atoms with Crippen LogP contribution >= 0.6 is 11.8 Å². The zero-order valence-electron chi connectivity index (χ0n) is 8.76. The summed E-state index contributed by atoms with van der Waals surface area (Å²) in [7, 11) is 2.15. The molecular formula is C9H22N2S. The van der Waals surface area contributed by atoms with Crippen LogP contribution in [0, 0.1) is 0 Å². The highest BCUT2D eigenvalue weighted by atomic mass is 32.2. The van der Waals surface area contributed by atoms with E-state index in [0.717, 1.165) is 19.5 Å². The van der Waals surface area contributed by atoms with E-state index in [0.29, 0.717) is 0 Å².